The molecule has 0 aromatic carbocycles. The molecule has 2 rings (SSSR count). The molecule has 1 saturated heterocycles. The first-order valence-electron chi connectivity index (χ1n) is 12.7. The number of aliphatic imine (C=N–C) groups is 1. The third kappa shape index (κ3) is 8.09. The van der Waals surface area contributed by atoms with Crippen molar-refractivity contribution in [3.63, 3.8) is 0 Å². The second-order valence-corrected chi connectivity index (χ2v) is 9.53. The van der Waals surface area contributed by atoms with Gasteiger partial charge in [0.05, 0.1) is 0 Å². The van der Waals surface area contributed by atoms with E-state index in [1.807, 2.05) is 11.9 Å². The molecule has 1 saturated carbocycles. The summed E-state index contributed by atoms with van der Waals surface area (Å²) in [6.45, 7) is 9.13. The number of hydrogen-bond acceptors (Lipinski definition) is 5. The summed E-state index contributed by atoms with van der Waals surface area (Å²) in [4.78, 5) is 34.1. The van der Waals surface area contributed by atoms with Crippen LogP contribution in [-0.4, -0.2) is 79.3 Å². The first-order valence-corrected chi connectivity index (χ1v) is 12.7. The maximum atomic E-state index is 14.3. The maximum absolute atomic E-state index is 14.3. The Morgan fingerprint density at radius 2 is 1.94 bits per heavy atom. The molecule has 0 aromatic rings. The number of piperidine rings is 1. The van der Waals surface area contributed by atoms with Crippen molar-refractivity contribution < 1.29 is 14.0 Å². The molecule has 2 fully saturated rings. The summed E-state index contributed by atoms with van der Waals surface area (Å²) in [7, 11) is 1.93. The molecule has 2 atom stereocenters. The first-order chi connectivity index (χ1) is 15.8. The van der Waals surface area contributed by atoms with Gasteiger partial charge in [-0.05, 0) is 51.5 Å². The number of nitrogens with zero attached hydrogens (tertiary/aromatic N) is 3. The van der Waals surface area contributed by atoms with Crippen molar-refractivity contribution in [3.05, 3.63) is 11.3 Å². The third-order valence-electron chi connectivity index (χ3n) is 7.05. The van der Waals surface area contributed by atoms with Crippen molar-refractivity contribution in [2.45, 2.75) is 84.4 Å². The molecule has 3 N–H and O–H groups in total. The van der Waals surface area contributed by atoms with Crippen LogP contribution in [0, 0.1) is 5.92 Å². The number of rotatable bonds is 10. The number of alkyl halides is 1. The smallest absolute Gasteiger partial charge is 0.270 e. The fraction of sp³-hybridized carbons (Fsp3) is 0.800. The molecule has 0 bridgehead atoms. The van der Waals surface area contributed by atoms with E-state index in [4.69, 9.17) is 5.73 Å². The molecular formula is C25H44FN5O2. The molecule has 2 aliphatic rings. The van der Waals surface area contributed by atoms with Crippen molar-refractivity contribution in [2.75, 3.05) is 39.8 Å². The number of halogens is 1. The third-order valence-corrected chi connectivity index (χ3v) is 7.05. The van der Waals surface area contributed by atoms with Crippen molar-refractivity contribution in [3.8, 4) is 0 Å². The number of likely N-dealkylation sites (tertiary alicyclic amines) is 1. The van der Waals surface area contributed by atoms with Gasteiger partial charge in [-0.25, -0.2) is 4.39 Å². The van der Waals surface area contributed by atoms with Gasteiger partial charge in [-0.2, -0.15) is 0 Å². The lowest BCUT2D eigenvalue weighted by Crippen LogP contribution is -2.46. The van der Waals surface area contributed by atoms with Crippen LogP contribution >= 0.6 is 0 Å². The van der Waals surface area contributed by atoms with Gasteiger partial charge in [0.2, 0.25) is 5.91 Å². The van der Waals surface area contributed by atoms with Crippen LogP contribution < -0.4 is 11.1 Å². The Balaban J connectivity index is 2.12. The van der Waals surface area contributed by atoms with Crippen molar-refractivity contribution in [1.29, 1.82) is 0 Å². The van der Waals surface area contributed by atoms with Crippen LogP contribution in [0.15, 0.2) is 16.3 Å². The Hall–Kier alpha value is -1.96. The van der Waals surface area contributed by atoms with Gasteiger partial charge in [-0.1, -0.05) is 27.2 Å². The molecule has 0 spiro atoms. The lowest BCUT2D eigenvalue weighted by molar-refractivity contribution is -0.130. The molecular weight excluding hydrogens is 421 g/mol. The van der Waals surface area contributed by atoms with Gasteiger partial charge in [-0.15, -0.1) is 0 Å². The van der Waals surface area contributed by atoms with Gasteiger partial charge >= 0.3 is 0 Å². The van der Waals surface area contributed by atoms with E-state index in [0.29, 0.717) is 55.7 Å². The number of allylic oxidation sites excluding steroid dienone is 1. The van der Waals surface area contributed by atoms with Gasteiger partial charge < -0.3 is 20.9 Å². The summed E-state index contributed by atoms with van der Waals surface area (Å²) in [5.41, 5.74) is 7.48. The average molecular weight is 466 g/mol. The lowest BCUT2D eigenvalue weighted by atomic mass is 9.89. The number of nitrogens with one attached hydrogen (secondary N) is 1. The van der Waals surface area contributed by atoms with Crippen LogP contribution in [0.2, 0.25) is 0 Å². The van der Waals surface area contributed by atoms with Gasteiger partial charge in [0.1, 0.15) is 18.4 Å². The van der Waals surface area contributed by atoms with Crippen LogP contribution in [0.3, 0.4) is 0 Å². The van der Waals surface area contributed by atoms with Crippen molar-refractivity contribution in [1.82, 2.24) is 15.1 Å². The van der Waals surface area contributed by atoms with E-state index < -0.39 is 6.17 Å². The Morgan fingerprint density at radius 3 is 2.55 bits per heavy atom. The van der Waals surface area contributed by atoms with Crippen molar-refractivity contribution >= 4 is 17.5 Å². The fourth-order valence-corrected chi connectivity index (χ4v) is 4.47. The molecule has 1 aliphatic carbocycles. The summed E-state index contributed by atoms with van der Waals surface area (Å²) >= 11 is 0. The first kappa shape index (κ1) is 27.3. The predicted octanol–water partition coefficient (Wildman–Crippen LogP) is 3.05. The molecule has 1 aliphatic heterocycles. The van der Waals surface area contributed by atoms with Crippen LogP contribution in [0.1, 0.15) is 72.1 Å². The Bertz CT molecular complexity index is 716. The van der Waals surface area contributed by atoms with Gasteiger partial charge in [0.15, 0.2) is 0 Å². The molecule has 0 radical (unpaired) electrons. The molecule has 8 heteroatoms. The van der Waals surface area contributed by atoms with Crippen LogP contribution in [0.5, 0.6) is 0 Å². The second kappa shape index (κ2) is 13.7. The zero-order valence-corrected chi connectivity index (χ0v) is 21.0. The van der Waals surface area contributed by atoms with Crippen LogP contribution in [0.4, 0.5) is 4.39 Å². The molecule has 33 heavy (non-hydrogen) atoms. The Kier molecular flexibility index (Phi) is 11.3. The minimum absolute atomic E-state index is 0.0192. The zero-order valence-electron chi connectivity index (χ0n) is 21.0. The summed E-state index contributed by atoms with van der Waals surface area (Å²) in [5, 5.41) is 3.25. The van der Waals surface area contributed by atoms with Gasteiger partial charge in [0, 0.05) is 49.9 Å². The summed E-state index contributed by atoms with van der Waals surface area (Å²) in [6.07, 6.45) is 4.49. The van der Waals surface area contributed by atoms with Crippen LogP contribution in [0.25, 0.3) is 0 Å². The van der Waals surface area contributed by atoms with Crippen LogP contribution in [-0.2, 0) is 9.59 Å². The standard InChI is InChI=1S/C25H44FN5O2/c1-5-12-30(13-9-18(3)6-2)23(32)17-29-22-8-7-19(26)16-21(22)24(27)25(33)31-14-10-20(28-4)11-15-31/h18-20,28H,5-17,27H2,1-4H3/b24-21-,29-22?. The molecule has 188 valence electrons. The van der Waals surface area contributed by atoms with E-state index in [1.54, 1.807) is 4.90 Å². The molecule has 0 aromatic heterocycles. The monoisotopic (exact) mass is 465 g/mol. The number of nitrogens with two attached hydrogens (primary N) is 1. The average Bonchev–Trinajstić information content (AvgIpc) is 2.84. The van der Waals surface area contributed by atoms with E-state index in [2.05, 4.69) is 31.1 Å². The summed E-state index contributed by atoms with van der Waals surface area (Å²) < 4.78 is 14.3. The largest absolute Gasteiger partial charge is 0.394 e. The fourth-order valence-electron chi connectivity index (χ4n) is 4.47. The number of carbonyl (C=O) groups is 2. The van der Waals surface area contributed by atoms with E-state index in [-0.39, 0.29) is 30.5 Å². The number of carbonyl (C=O) groups excluding carboxylic acids is 2. The van der Waals surface area contributed by atoms with Gasteiger partial charge in [0.25, 0.3) is 5.91 Å². The van der Waals surface area contributed by atoms with E-state index in [0.717, 1.165) is 38.6 Å². The van der Waals surface area contributed by atoms with E-state index >= 15 is 0 Å². The highest BCUT2D eigenvalue weighted by atomic mass is 19.1. The quantitative estimate of drug-likeness (QED) is 0.485. The van der Waals surface area contributed by atoms with E-state index in [1.165, 1.54) is 0 Å². The molecule has 1 heterocycles. The number of amides is 2. The molecule has 2 amide bonds. The molecule has 7 nitrogen and oxygen atoms in total. The van der Waals surface area contributed by atoms with Gasteiger partial charge in [-0.3, -0.25) is 14.6 Å². The number of hydrogen-bond donors (Lipinski definition) is 2. The minimum atomic E-state index is -1.04. The molecule has 2 unspecified atom stereocenters. The highest BCUT2D eigenvalue weighted by Gasteiger charge is 2.30. The SMILES string of the molecule is CCCN(CCC(C)CC)C(=O)CN=C1CCC(F)C/C1=C(/N)C(=O)N1CCC(NC)CC1. The Morgan fingerprint density at radius 1 is 1.24 bits per heavy atom. The predicted molar refractivity (Wildman–Crippen MR) is 132 cm³/mol. The Labute approximate surface area is 199 Å². The lowest BCUT2D eigenvalue weighted by Gasteiger charge is -2.32. The van der Waals surface area contributed by atoms with E-state index in [9.17, 15) is 14.0 Å². The normalized spacial score (nSPS) is 23.5. The minimum Gasteiger partial charge on any atom is -0.394 e. The highest BCUT2D eigenvalue weighted by molar-refractivity contribution is 6.08. The highest BCUT2D eigenvalue weighted by Crippen LogP contribution is 2.27. The summed E-state index contributed by atoms with van der Waals surface area (Å²) in [6, 6.07) is 0.405. The topological polar surface area (TPSA) is 91.0 Å². The summed E-state index contributed by atoms with van der Waals surface area (Å²) in [5.74, 6) is 0.309. The maximum Gasteiger partial charge on any atom is 0.270 e. The van der Waals surface area contributed by atoms with Crippen molar-refractivity contribution in [2.24, 2.45) is 16.6 Å². The second-order valence-electron chi connectivity index (χ2n) is 9.53. The zero-order chi connectivity index (χ0) is 24.4.